The zero-order chi connectivity index (χ0) is 16.4. The van der Waals surface area contributed by atoms with E-state index in [-0.39, 0.29) is 18.0 Å². The van der Waals surface area contributed by atoms with Crippen molar-refractivity contribution in [1.29, 1.82) is 0 Å². The lowest BCUT2D eigenvalue weighted by Gasteiger charge is -2.36. The Kier molecular flexibility index (Phi) is 4.64. The summed E-state index contributed by atoms with van der Waals surface area (Å²) < 4.78 is 0. The van der Waals surface area contributed by atoms with Crippen LogP contribution in [0.1, 0.15) is 51.0 Å². The Hall–Kier alpha value is -1.91. The highest BCUT2D eigenvalue weighted by atomic mass is 16.6. The van der Waals surface area contributed by atoms with E-state index in [0.717, 1.165) is 31.6 Å². The van der Waals surface area contributed by atoms with E-state index in [1.54, 1.807) is 18.2 Å². The zero-order valence-corrected chi connectivity index (χ0v) is 13.6. The van der Waals surface area contributed by atoms with E-state index in [0.29, 0.717) is 17.6 Å². The molecule has 0 aromatic heterocycles. The third kappa shape index (κ3) is 3.71. The van der Waals surface area contributed by atoms with E-state index in [9.17, 15) is 14.9 Å². The molecule has 0 heterocycles. The van der Waals surface area contributed by atoms with Crippen LogP contribution in [-0.4, -0.2) is 27.8 Å². The Morgan fingerprint density at radius 3 is 2.26 bits per heavy atom. The largest absolute Gasteiger partial charge is 0.336 e. The van der Waals surface area contributed by atoms with Crippen LogP contribution in [0.15, 0.2) is 24.3 Å². The number of rotatable bonds is 5. The van der Waals surface area contributed by atoms with Gasteiger partial charge in [0.15, 0.2) is 0 Å². The molecule has 23 heavy (non-hydrogen) atoms. The average molecular weight is 316 g/mol. The quantitative estimate of drug-likeness (QED) is 0.614. The molecule has 1 aromatic carbocycles. The van der Waals surface area contributed by atoms with Crippen molar-refractivity contribution in [2.24, 2.45) is 5.92 Å². The van der Waals surface area contributed by atoms with Crippen molar-refractivity contribution in [3.63, 3.8) is 0 Å². The summed E-state index contributed by atoms with van der Waals surface area (Å²) in [6.07, 6.45) is 6.78. The molecule has 0 N–H and O–H groups in total. The van der Waals surface area contributed by atoms with Gasteiger partial charge in [-0.3, -0.25) is 14.9 Å². The van der Waals surface area contributed by atoms with Crippen LogP contribution >= 0.6 is 0 Å². The highest BCUT2D eigenvalue weighted by Crippen LogP contribution is 2.36. The van der Waals surface area contributed by atoms with Crippen LogP contribution in [0.25, 0.3) is 0 Å². The fourth-order valence-electron chi connectivity index (χ4n) is 3.67. The molecule has 0 saturated heterocycles. The van der Waals surface area contributed by atoms with Crippen LogP contribution in [0, 0.1) is 16.0 Å². The molecule has 0 radical (unpaired) electrons. The summed E-state index contributed by atoms with van der Waals surface area (Å²) in [6.45, 7) is 2.27. The molecule has 5 nitrogen and oxygen atoms in total. The van der Waals surface area contributed by atoms with Crippen molar-refractivity contribution in [3.8, 4) is 0 Å². The molecular weight excluding hydrogens is 292 g/mol. The number of nitro benzene ring substituents is 1. The van der Waals surface area contributed by atoms with Gasteiger partial charge in [-0.1, -0.05) is 25.1 Å². The summed E-state index contributed by atoms with van der Waals surface area (Å²) in [7, 11) is 0. The lowest BCUT2D eigenvalue weighted by Crippen LogP contribution is -2.44. The fourth-order valence-corrected chi connectivity index (χ4v) is 3.67. The van der Waals surface area contributed by atoms with Gasteiger partial charge in [0.25, 0.3) is 5.69 Å². The van der Waals surface area contributed by atoms with Gasteiger partial charge in [-0.05, 0) is 44.4 Å². The van der Waals surface area contributed by atoms with E-state index in [4.69, 9.17) is 0 Å². The third-order valence-electron chi connectivity index (χ3n) is 5.14. The van der Waals surface area contributed by atoms with Gasteiger partial charge in [0.2, 0.25) is 5.91 Å². The van der Waals surface area contributed by atoms with Crippen LogP contribution in [0.4, 0.5) is 5.69 Å². The second-order valence-electron chi connectivity index (χ2n) is 7.01. The van der Waals surface area contributed by atoms with Crippen LogP contribution in [0.5, 0.6) is 0 Å². The second-order valence-corrected chi connectivity index (χ2v) is 7.01. The SMILES string of the molecule is CC1CCC(N(C(=O)Cc2ccccc2[N+](=O)[O-])C2CC2)CC1. The molecule has 5 heteroatoms. The molecule has 2 fully saturated rings. The summed E-state index contributed by atoms with van der Waals surface area (Å²) in [5, 5.41) is 11.1. The number of nitrogens with zero attached hydrogens (tertiary/aromatic N) is 2. The van der Waals surface area contributed by atoms with Gasteiger partial charge in [0, 0.05) is 23.7 Å². The molecule has 0 aliphatic heterocycles. The predicted octanol–water partition coefficient (Wildman–Crippen LogP) is 3.71. The van der Waals surface area contributed by atoms with E-state index >= 15 is 0 Å². The van der Waals surface area contributed by atoms with Gasteiger partial charge in [-0.2, -0.15) is 0 Å². The molecule has 0 atom stereocenters. The molecule has 3 rings (SSSR count). The standard InChI is InChI=1S/C18H24N2O3/c1-13-6-8-15(9-7-13)19(16-10-11-16)18(21)12-14-4-2-3-5-17(14)20(22)23/h2-5,13,15-16H,6-12H2,1H3. The summed E-state index contributed by atoms with van der Waals surface area (Å²) in [6, 6.07) is 7.28. The molecule has 1 amide bonds. The minimum atomic E-state index is -0.396. The van der Waals surface area contributed by atoms with Gasteiger partial charge in [0.1, 0.15) is 0 Å². The predicted molar refractivity (Wildman–Crippen MR) is 88.1 cm³/mol. The Bertz CT molecular complexity index is 590. The van der Waals surface area contributed by atoms with E-state index in [1.165, 1.54) is 18.9 Å². The minimum Gasteiger partial charge on any atom is -0.336 e. The number of hydrogen-bond acceptors (Lipinski definition) is 3. The molecule has 0 spiro atoms. The number of hydrogen-bond donors (Lipinski definition) is 0. The maximum Gasteiger partial charge on any atom is 0.273 e. The number of nitro groups is 1. The zero-order valence-electron chi connectivity index (χ0n) is 13.6. The van der Waals surface area contributed by atoms with Crippen LogP contribution in [0.3, 0.4) is 0 Å². The maximum atomic E-state index is 12.9. The number of carbonyl (C=O) groups is 1. The van der Waals surface area contributed by atoms with Crippen molar-refractivity contribution in [3.05, 3.63) is 39.9 Å². The number of para-hydroxylation sites is 1. The van der Waals surface area contributed by atoms with Crippen molar-refractivity contribution in [2.45, 2.75) is 64.0 Å². The molecule has 0 unspecified atom stereocenters. The van der Waals surface area contributed by atoms with Crippen LogP contribution in [-0.2, 0) is 11.2 Å². The fraction of sp³-hybridized carbons (Fsp3) is 0.611. The summed E-state index contributed by atoms with van der Waals surface area (Å²) >= 11 is 0. The number of amides is 1. The van der Waals surface area contributed by atoms with Crippen molar-refractivity contribution in [1.82, 2.24) is 4.90 Å². The van der Waals surface area contributed by atoms with Crippen LogP contribution < -0.4 is 0 Å². The number of carbonyl (C=O) groups excluding carboxylic acids is 1. The van der Waals surface area contributed by atoms with Gasteiger partial charge < -0.3 is 4.90 Å². The monoisotopic (exact) mass is 316 g/mol. The molecule has 2 saturated carbocycles. The maximum absolute atomic E-state index is 12.9. The first-order valence-corrected chi connectivity index (χ1v) is 8.59. The van der Waals surface area contributed by atoms with Crippen molar-refractivity contribution >= 4 is 11.6 Å². The lowest BCUT2D eigenvalue weighted by atomic mass is 9.86. The van der Waals surface area contributed by atoms with Crippen molar-refractivity contribution < 1.29 is 9.72 Å². The minimum absolute atomic E-state index is 0.0499. The van der Waals surface area contributed by atoms with Gasteiger partial charge >= 0.3 is 0 Å². The molecule has 0 bridgehead atoms. The smallest absolute Gasteiger partial charge is 0.273 e. The molecule has 2 aliphatic carbocycles. The van der Waals surface area contributed by atoms with E-state index < -0.39 is 4.92 Å². The molecular formula is C18H24N2O3. The second kappa shape index (κ2) is 6.69. The first-order chi connectivity index (χ1) is 11.1. The Morgan fingerprint density at radius 1 is 1.13 bits per heavy atom. The first-order valence-electron chi connectivity index (χ1n) is 8.59. The lowest BCUT2D eigenvalue weighted by molar-refractivity contribution is -0.385. The van der Waals surface area contributed by atoms with E-state index in [1.807, 2.05) is 0 Å². The highest BCUT2D eigenvalue weighted by Gasteiger charge is 2.38. The van der Waals surface area contributed by atoms with Crippen molar-refractivity contribution in [2.75, 3.05) is 0 Å². The van der Waals surface area contributed by atoms with Gasteiger partial charge in [-0.25, -0.2) is 0 Å². The van der Waals surface area contributed by atoms with Crippen LogP contribution in [0.2, 0.25) is 0 Å². The summed E-state index contributed by atoms with van der Waals surface area (Å²) in [4.78, 5) is 25.7. The highest BCUT2D eigenvalue weighted by molar-refractivity contribution is 5.81. The average Bonchev–Trinajstić information content (AvgIpc) is 3.34. The Labute approximate surface area is 136 Å². The molecule has 124 valence electrons. The summed E-state index contributed by atoms with van der Waals surface area (Å²) in [5.41, 5.74) is 0.575. The summed E-state index contributed by atoms with van der Waals surface area (Å²) in [5.74, 6) is 0.805. The Morgan fingerprint density at radius 2 is 1.70 bits per heavy atom. The first kappa shape index (κ1) is 16.0. The molecule has 1 aromatic rings. The number of benzene rings is 1. The van der Waals surface area contributed by atoms with Gasteiger partial charge in [0.05, 0.1) is 11.3 Å². The normalized spacial score (nSPS) is 24.2. The molecule has 2 aliphatic rings. The van der Waals surface area contributed by atoms with E-state index in [2.05, 4.69) is 11.8 Å². The Balaban J connectivity index is 1.74. The topological polar surface area (TPSA) is 63.5 Å². The van der Waals surface area contributed by atoms with Gasteiger partial charge in [-0.15, -0.1) is 0 Å². The third-order valence-corrected chi connectivity index (χ3v) is 5.14.